The van der Waals surface area contributed by atoms with Crippen LogP contribution >= 0.6 is 15.9 Å². The zero-order valence-electron chi connectivity index (χ0n) is 12.4. The van der Waals surface area contributed by atoms with Crippen molar-refractivity contribution >= 4 is 15.9 Å². The van der Waals surface area contributed by atoms with Crippen molar-refractivity contribution in [3.05, 3.63) is 33.8 Å². The van der Waals surface area contributed by atoms with E-state index in [1.165, 1.54) is 12.1 Å². The van der Waals surface area contributed by atoms with Gasteiger partial charge >= 0.3 is 0 Å². The van der Waals surface area contributed by atoms with Gasteiger partial charge in [0.15, 0.2) is 0 Å². The number of hydrogen-bond donors (Lipinski definition) is 1. The Labute approximate surface area is 133 Å². The van der Waals surface area contributed by atoms with Crippen molar-refractivity contribution in [3.8, 4) is 0 Å². The lowest BCUT2D eigenvalue weighted by molar-refractivity contribution is 0.0658. The van der Waals surface area contributed by atoms with E-state index in [9.17, 15) is 8.78 Å². The number of ether oxygens (including phenoxy) is 2. The number of rotatable bonds is 10. The molecule has 0 fully saturated rings. The van der Waals surface area contributed by atoms with Crippen molar-refractivity contribution in [3.63, 3.8) is 0 Å². The molecule has 0 radical (unpaired) electrons. The fourth-order valence-corrected chi connectivity index (χ4v) is 2.41. The molecule has 0 heterocycles. The van der Waals surface area contributed by atoms with E-state index in [0.717, 1.165) is 6.54 Å². The molecule has 0 saturated carbocycles. The van der Waals surface area contributed by atoms with Crippen LogP contribution in [-0.4, -0.2) is 39.5 Å². The molecule has 1 atom stereocenters. The van der Waals surface area contributed by atoms with Gasteiger partial charge in [-0.15, -0.1) is 0 Å². The Hall–Kier alpha value is -0.560. The summed E-state index contributed by atoms with van der Waals surface area (Å²) in [5.41, 5.74) is 0.104. The monoisotopic (exact) mass is 365 g/mol. The van der Waals surface area contributed by atoms with Crippen LogP contribution in [0.5, 0.6) is 0 Å². The highest BCUT2D eigenvalue weighted by Gasteiger charge is 2.17. The summed E-state index contributed by atoms with van der Waals surface area (Å²) in [7, 11) is 1.61. The van der Waals surface area contributed by atoms with Gasteiger partial charge in [-0.3, -0.25) is 0 Å². The molecule has 0 saturated heterocycles. The van der Waals surface area contributed by atoms with E-state index in [0.29, 0.717) is 32.7 Å². The second-order valence-electron chi connectivity index (χ2n) is 4.67. The number of methoxy groups -OCH3 is 1. The first kappa shape index (κ1) is 18.5. The van der Waals surface area contributed by atoms with Gasteiger partial charge in [0.2, 0.25) is 0 Å². The van der Waals surface area contributed by atoms with Crippen molar-refractivity contribution in [2.24, 2.45) is 0 Å². The number of halogens is 3. The summed E-state index contributed by atoms with van der Waals surface area (Å²) in [5.74, 6) is -1.04. The summed E-state index contributed by atoms with van der Waals surface area (Å²) in [5, 5.41) is 3.24. The van der Waals surface area contributed by atoms with Crippen molar-refractivity contribution < 1.29 is 18.3 Å². The molecular formula is C15H22BrF2NO2. The van der Waals surface area contributed by atoms with Crippen LogP contribution in [0, 0.1) is 11.6 Å². The average molecular weight is 366 g/mol. The third kappa shape index (κ3) is 6.38. The Bertz CT molecular complexity index is 432. The Balaban J connectivity index is 2.59. The normalized spacial score (nSPS) is 12.6. The lowest BCUT2D eigenvalue weighted by Crippen LogP contribution is -2.33. The third-order valence-corrected chi connectivity index (χ3v) is 3.74. The number of hydrogen-bond acceptors (Lipinski definition) is 3. The first-order valence-corrected chi connectivity index (χ1v) is 7.81. The lowest BCUT2D eigenvalue weighted by atomic mass is 10.0. The maximum atomic E-state index is 14.0. The molecule has 0 aliphatic carbocycles. The van der Waals surface area contributed by atoms with E-state index in [1.54, 1.807) is 7.11 Å². The number of benzene rings is 1. The van der Waals surface area contributed by atoms with Crippen LogP contribution in [0.15, 0.2) is 16.6 Å². The minimum atomic E-state index is -0.529. The SMILES string of the molecule is CCNC(CCOCCOC)Cc1c(F)ccc(Br)c1F. The molecule has 3 nitrogen and oxygen atoms in total. The smallest absolute Gasteiger partial charge is 0.143 e. The minimum absolute atomic E-state index is 0.0316. The topological polar surface area (TPSA) is 30.5 Å². The zero-order chi connectivity index (χ0) is 15.7. The van der Waals surface area contributed by atoms with Crippen molar-refractivity contribution in [1.82, 2.24) is 5.32 Å². The molecule has 0 amide bonds. The maximum absolute atomic E-state index is 14.0. The van der Waals surface area contributed by atoms with Gasteiger partial charge in [0.1, 0.15) is 11.6 Å². The number of likely N-dealkylation sites (N-methyl/N-ethyl adjacent to an activating group) is 1. The van der Waals surface area contributed by atoms with Gasteiger partial charge in [-0.1, -0.05) is 6.92 Å². The molecule has 0 spiro atoms. The van der Waals surface area contributed by atoms with Gasteiger partial charge in [-0.05, 0) is 47.4 Å². The van der Waals surface area contributed by atoms with E-state index < -0.39 is 11.6 Å². The van der Waals surface area contributed by atoms with Crippen LogP contribution in [0.3, 0.4) is 0 Å². The second-order valence-corrected chi connectivity index (χ2v) is 5.53. The fourth-order valence-electron chi connectivity index (χ4n) is 2.04. The first-order chi connectivity index (χ1) is 10.1. The quantitative estimate of drug-likeness (QED) is 0.509. The lowest BCUT2D eigenvalue weighted by Gasteiger charge is -2.19. The van der Waals surface area contributed by atoms with Gasteiger partial charge in [0.05, 0.1) is 17.7 Å². The predicted molar refractivity (Wildman–Crippen MR) is 82.5 cm³/mol. The largest absolute Gasteiger partial charge is 0.382 e. The molecule has 0 aliphatic heterocycles. The standard InChI is InChI=1S/C15H22BrF2NO2/c1-3-19-11(6-7-21-9-8-20-2)10-12-14(17)5-4-13(16)15(12)18/h4-5,11,19H,3,6-10H2,1-2H3. The van der Waals surface area contributed by atoms with E-state index in [1.807, 2.05) is 6.92 Å². The molecule has 1 unspecified atom stereocenters. The molecule has 1 rings (SSSR count). The fraction of sp³-hybridized carbons (Fsp3) is 0.600. The summed E-state index contributed by atoms with van der Waals surface area (Å²) in [6.45, 7) is 4.29. The van der Waals surface area contributed by atoms with Gasteiger partial charge in [-0.25, -0.2) is 8.78 Å². The molecule has 21 heavy (non-hydrogen) atoms. The third-order valence-electron chi connectivity index (χ3n) is 3.12. The summed E-state index contributed by atoms with van der Waals surface area (Å²) in [4.78, 5) is 0. The van der Waals surface area contributed by atoms with E-state index >= 15 is 0 Å². The predicted octanol–water partition coefficient (Wildman–Crippen LogP) is 3.30. The van der Waals surface area contributed by atoms with E-state index in [4.69, 9.17) is 9.47 Å². The van der Waals surface area contributed by atoms with Gasteiger partial charge in [-0.2, -0.15) is 0 Å². The van der Waals surface area contributed by atoms with Crippen LogP contribution in [0.1, 0.15) is 18.9 Å². The summed E-state index contributed by atoms with van der Waals surface area (Å²) in [6, 6.07) is 2.63. The Morgan fingerprint density at radius 1 is 1.24 bits per heavy atom. The average Bonchev–Trinajstić information content (AvgIpc) is 2.47. The highest BCUT2D eigenvalue weighted by Crippen LogP contribution is 2.23. The van der Waals surface area contributed by atoms with Crippen LogP contribution in [0.4, 0.5) is 8.78 Å². The Morgan fingerprint density at radius 2 is 2.00 bits per heavy atom. The minimum Gasteiger partial charge on any atom is -0.382 e. The van der Waals surface area contributed by atoms with Crippen LogP contribution in [-0.2, 0) is 15.9 Å². The van der Waals surface area contributed by atoms with Crippen LogP contribution < -0.4 is 5.32 Å². The van der Waals surface area contributed by atoms with Crippen molar-refractivity contribution in [1.29, 1.82) is 0 Å². The molecule has 6 heteroatoms. The van der Waals surface area contributed by atoms with Crippen LogP contribution in [0.2, 0.25) is 0 Å². The van der Waals surface area contributed by atoms with Crippen molar-refractivity contribution in [2.45, 2.75) is 25.8 Å². The molecule has 1 aromatic rings. The highest BCUT2D eigenvalue weighted by molar-refractivity contribution is 9.10. The van der Waals surface area contributed by atoms with Crippen molar-refractivity contribution in [2.75, 3.05) is 33.5 Å². The molecular weight excluding hydrogens is 344 g/mol. The maximum Gasteiger partial charge on any atom is 0.143 e. The summed E-state index contributed by atoms with van der Waals surface area (Å²) < 4.78 is 38.4. The molecule has 120 valence electrons. The summed E-state index contributed by atoms with van der Waals surface area (Å²) in [6.07, 6.45) is 0.974. The second kappa shape index (κ2) is 10.2. The van der Waals surface area contributed by atoms with E-state index in [2.05, 4.69) is 21.2 Å². The molecule has 0 aliphatic rings. The Kier molecular flexibility index (Phi) is 8.99. The molecule has 0 bridgehead atoms. The Morgan fingerprint density at radius 3 is 2.67 bits per heavy atom. The zero-order valence-corrected chi connectivity index (χ0v) is 14.0. The molecule has 1 N–H and O–H groups in total. The number of nitrogens with one attached hydrogen (secondary N) is 1. The van der Waals surface area contributed by atoms with Crippen LogP contribution in [0.25, 0.3) is 0 Å². The first-order valence-electron chi connectivity index (χ1n) is 7.02. The van der Waals surface area contributed by atoms with Gasteiger partial charge in [0.25, 0.3) is 0 Å². The molecule has 1 aromatic carbocycles. The molecule has 0 aromatic heterocycles. The summed E-state index contributed by atoms with van der Waals surface area (Å²) >= 11 is 3.09. The highest BCUT2D eigenvalue weighted by atomic mass is 79.9. The van der Waals surface area contributed by atoms with Gasteiger partial charge in [0, 0.05) is 25.3 Å². The van der Waals surface area contributed by atoms with Gasteiger partial charge < -0.3 is 14.8 Å². The van der Waals surface area contributed by atoms with E-state index in [-0.39, 0.29) is 16.1 Å².